The van der Waals surface area contributed by atoms with Gasteiger partial charge in [0.05, 0.1) is 6.61 Å². The van der Waals surface area contributed by atoms with E-state index in [4.69, 9.17) is 5.11 Å². The van der Waals surface area contributed by atoms with Crippen LogP contribution in [-0.2, 0) is 0 Å². The molecule has 2 N–H and O–H groups in total. The zero-order valence-electron chi connectivity index (χ0n) is 5.93. The first-order valence-electron chi connectivity index (χ1n) is 3.73. The first-order chi connectivity index (χ1) is 4.36. The summed E-state index contributed by atoms with van der Waals surface area (Å²) < 4.78 is 0. The molecule has 1 rings (SSSR count). The maximum atomic E-state index is 8.74. The van der Waals surface area contributed by atoms with Crippen LogP contribution in [0.4, 0.5) is 0 Å². The van der Waals surface area contributed by atoms with E-state index in [9.17, 15) is 0 Å². The Morgan fingerprint density at radius 2 is 2.33 bits per heavy atom. The van der Waals surface area contributed by atoms with E-state index >= 15 is 0 Å². The highest BCUT2D eigenvalue weighted by Crippen LogP contribution is 2.19. The normalized spacial score (nSPS) is 22.0. The van der Waals surface area contributed by atoms with Crippen molar-refractivity contribution in [1.29, 1.82) is 0 Å². The van der Waals surface area contributed by atoms with Gasteiger partial charge in [0.15, 0.2) is 0 Å². The SMILES string of the molecule is CC[C@@H](CO)NC1CC1. The predicted molar refractivity (Wildman–Crippen MR) is 37.3 cm³/mol. The molecule has 1 atom stereocenters. The minimum atomic E-state index is 0.285. The van der Waals surface area contributed by atoms with Crippen LogP contribution in [0.15, 0.2) is 0 Å². The second-order valence-corrected chi connectivity index (χ2v) is 2.73. The van der Waals surface area contributed by atoms with Gasteiger partial charge in [-0.2, -0.15) is 0 Å². The maximum Gasteiger partial charge on any atom is 0.0584 e. The lowest BCUT2D eigenvalue weighted by Crippen LogP contribution is -2.33. The van der Waals surface area contributed by atoms with Crippen molar-refractivity contribution in [2.24, 2.45) is 0 Å². The fraction of sp³-hybridized carbons (Fsp3) is 1.00. The molecule has 1 saturated carbocycles. The van der Waals surface area contributed by atoms with Crippen molar-refractivity contribution in [3.05, 3.63) is 0 Å². The van der Waals surface area contributed by atoms with Gasteiger partial charge >= 0.3 is 0 Å². The molecule has 2 heteroatoms. The highest BCUT2D eigenvalue weighted by Gasteiger charge is 2.22. The summed E-state index contributed by atoms with van der Waals surface area (Å²) in [7, 11) is 0. The molecule has 0 amide bonds. The Morgan fingerprint density at radius 3 is 2.67 bits per heavy atom. The van der Waals surface area contributed by atoms with E-state index in [0.717, 1.165) is 12.5 Å². The van der Waals surface area contributed by atoms with Gasteiger partial charge < -0.3 is 10.4 Å². The monoisotopic (exact) mass is 129 g/mol. The molecule has 1 aliphatic rings. The van der Waals surface area contributed by atoms with Gasteiger partial charge in [-0.05, 0) is 19.3 Å². The molecule has 0 aromatic rings. The third-order valence-electron chi connectivity index (χ3n) is 1.76. The van der Waals surface area contributed by atoms with Gasteiger partial charge in [-0.3, -0.25) is 0 Å². The minimum Gasteiger partial charge on any atom is -0.395 e. The Morgan fingerprint density at radius 1 is 1.67 bits per heavy atom. The van der Waals surface area contributed by atoms with E-state index in [1.807, 2.05) is 0 Å². The van der Waals surface area contributed by atoms with Gasteiger partial charge in [0.1, 0.15) is 0 Å². The van der Waals surface area contributed by atoms with Gasteiger partial charge in [-0.15, -0.1) is 0 Å². The molecule has 0 aliphatic heterocycles. The third-order valence-corrected chi connectivity index (χ3v) is 1.76. The summed E-state index contributed by atoms with van der Waals surface area (Å²) in [5, 5.41) is 12.1. The molecule has 0 bridgehead atoms. The van der Waals surface area contributed by atoms with E-state index in [1.165, 1.54) is 12.8 Å². The Labute approximate surface area is 56.3 Å². The molecule has 0 saturated heterocycles. The zero-order valence-corrected chi connectivity index (χ0v) is 5.93. The molecule has 0 unspecified atom stereocenters. The highest BCUT2D eigenvalue weighted by molar-refractivity contribution is 4.83. The number of nitrogens with one attached hydrogen (secondary N) is 1. The Kier molecular flexibility index (Phi) is 2.49. The fourth-order valence-electron chi connectivity index (χ4n) is 0.883. The molecule has 54 valence electrons. The standard InChI is InChI=1S/C7H15NO/c1-2-6(5-9)8-7-3-4-7/h6-9H,2-5H2,1H3/t6-/m0/s1. The molecule has 0 aromatic carbocycles. The summed E-state index contributed by atoms with van der Waals surface area (Å²) in [5.41, 5.74) is 0. The van der Waals surface area contributed by atoms with Gasteiger partial charge in [0.2, 0.25) is 0 Å². The molecule has 0 radical (unpaired) electrons. The molecule has 0 heterocycles. The number of rotatable bonds is 4. The second-order valence-electron chi connectivity index (χ2n) is 2.73. The van der Waals surface area contributed by atoms with Crippen LogP contribution in [0.25, 0.3) is 0 Å². The van der Waals surface area contributed by atoms with Crippen LogP contribution in [-0.4, -0.2) is 23.8 Å². The zero-order chi connectivity index (χ0) is 6.69. The Balaban J connectivity index is 2.05. The van der Waals surface area contributed by atoms with Crippen molar-refractivity contribution in [1.82, 2.24) is 5.32 Å². The lowest BCUT2D eigenvalue weighted by Gasteiger charge is -2.11. The first-order valence-corrected chi connectivity index (χ1v) is 3.73. The van der Waals surface area contributed by atoms with Crippen LogP contribution in [0, 0.1) is 0 Å². The molecule has 2 nitrogen and oxygen atoms in total. The molecule has 0 aromatic heterocycles. The van der Waals surface area contributed by atoms with Crippen LogP contribution in [0.5, 0.6) is 0 Å². The molecule has 1 fully saturated rings. The topological polar surface area (TPSA) is 32.3 Å². The van der Waals surface area contributed by atoms with E-state index in [2.05, 4.69) is 12.2 Å². The third kappa shape index (κ3) is 2.33. The largest absolute Gasteiger partial charge is 0.395 e. The molecule has 9 heavy (non-hydrogen) atoms. The predicted octanol–water partition coefficient (Wildman–Crippen LogP) is 0.509. The van der Waals surface area contributed by atoms with Crippen LogP contribution in [0.3, 0.4) is 0 Å². The van der Waals surface area contributed by atoms with E-state index in [-0.39, 0.29) is 6.61 Å². The molecule has 0 spiro atoms. The maximum absolute atomic E-state index is 8.74. The van der Waals surface area contributed by atoms with Crippen LogP contribution in [0.1, 0.15) is 26.2 Å². The summed E-state index contributed by atoms with van der Waals surface area (Å²) in [6.07, 6.45) is 3.64. The number of hydrogen-bond donors (Lipinski definition) is 2. The van der Waals surface area contributed by atoms with Crippen LogP contribution < -0.4 is 5.32 Å². The van der Waals surface area contributed by atoms with Crippen molar-refractivity contribution in [3.8, 4) is 0 Å². The van der Waals surface area contributed by atoms with Crippen molar-refractivity contribution >= 4 is 0 Å². The van der Waals surface area contributed by atoms with Crippen molar-refractivity contribution in [3.63, 3.8) is 0 Å². The average Bonchev–Trinajstić information content (AvgIpc) is 2.66. The van der Waals surface area contributed by atoms with Crippen molar-refractivity contribution in [2.75, 3.05) is 6.61 Å². The number of hydrogen-bond acceptors (Lipinski definition) is 2. The second kappa shape index (κ2) is 3.18. The smallest absolute Gasteiger partial charge is 0.0584 e. The quantitative estimate of drug-likeness (QED) is 0.579. The lowest BCUT2D eigenvalue weighted by molar-refractivity contribution is 0.238. The Bertz CT molecular complexity index is 77.0. The van der Waals surface area contributed by atoms with Gasteiger partial charge in [-0.1, -0.05) is 6.92 Å². The van der Waals surface area contributed by atoms with E-state index in [0.29, 0.717) is 6.04 Å². The first kappa shape index (κ1) is 7.03. The summed E-state index contributed by atoms with van der Waals surface area (Å²) >= 11 is 0. The summed E-state index contributed by atoms with van der Waals surface area (Å²) in [4.78, 5) is 0. The van der Waals surface area contributed by atoms with Gasteiger partial charge in [0.25, 0.3) is 0 Å². The van der Waals surface area contributed by atoms with Crippen LogP contribution in [0.2, 0.25) is 0 Å². The van der Waals surface area contributed by atoms with Crippen molar-refractivity contribution in [2.45, 2.75) is 38.3 Å². The van der Waals surface area contributed by atoms with Crippen molar-refractivity contribution < 1.29 is 5.11 Å². The average molecular weight is 129 g/mol. The van der Waals surface area contributed by atoms with Gasteiger partial charge in [-0.25, -0.2) is 0 Å². The van der Waals surface area contributed by atoms with E-state index in [1.54, 1.807) is 0 Å². The lowest BCUT2D eigenvalue weighted by atomic mass is 10.2. The molecule has 1 aliphatic carbocycles. The molecular weight excluding hydrogens is 114 g/mol. The van der Waals surface area contributed by atoms with Gasteiger partial charge in [0, 0.05) is 12.1 Å². The fourth-order valence-corrected chi connectivity index (χ4v) is 0.883. The summed E-state index contributed by atoms with van der Waals surface area (Å²) in [6.45, 7) is 2.38. The summed E-state index contributed by atoms with van der Waals surface area (Å²) in [6, 6.07) is 1.07. The minimum absolute atomic E-state index is 0.285. The number of aliphatic hydroxyl groups is 1. The number of aliphatic hydroxyl groups excluding tert-OH is 1. The van der Waals surface area contributed by atoms with Crippen LogP contribution >= 0.6 is 0 Å². The highest BCUT2D eigenvalue weighted by atomic mass is 16.3. The Hall–Kier alpha value is -0.0800. The molecular formula is C7H15NO. The summed E-state index contributed by atoms with van der Waals surface area (Å²) in [5.74, 6) is 0. The van der Waals surface area contributed by atoms with E-state index < -0.39 is 0 Å².